The quantitative estimate of drug-likeness (QED) is 0.706. The van der Waals surface area contributed by atoms with E-state index in [0.717, 1.165) is 0 Å². The number of benzene rings is 1. The molecule has 2 N–H and O–H groups in total. The number of nitrogens with zero attached hydrogens (tertiary/aromatic N) is 1. The number of hydrogen-bond acceptors (Lipinski definition) is 2. The van der Waals surface area contributed by atoms with Crippen LogP contribution in [0.25, 0.3) is 11.0 Å². The SMILES string of the molecule is C#CCNc1nc2ccc(F)cc2[nH]1. The Morgan fingerprint density at radius 1 is 1.57 bits per heavy atom. The molecule has 0 atom stereocenters. The van der Waals surface area contributed by atoms with Crippen molar-refractivity contribution in [2.24, 2.45) is 0 Å². The van der Waals surface area contributed by atoms with Crippen LogP contribution >= 0.6 is 0 Å². The van der Waals surface area contributed by atoms with Gasteiger partial charge in [0.05, 0.1) is 17.6 Å². The molecule has 0 unspecified atom stereocenters. The van der Waals surface area contributed by atoms with Crippen LogP contribution in [-0.2, 0) is 0 Å². The maximum absolute atomic E-state index is 12.8. The van der Waals surface area contributed by atoms with E-state index < -0.39 is 0 Å². The van der Waals surface area contributed by atoms with Gasteiger partial charge in [0, 0.05) is 0 Å². The molecule has 2 aromatic rings. The van der Waals surface area contributed by atoms with Crippen molar-refractivity contribution in [1.29, 1.82) is 0 Å². The van der Waals surface area contributed by atoms with Gasteiger partial charge in [-0.15, -0.1) is 6.42 Å². The number of halogens is 1. The van der Waals surface area contributed by atoms with Gasteiger partial charge in [-0.05, 0) is 18.2 Å². The van der Waals surface area contributed by atoms with Gasteiger partial charge in [-0.25, -0.2) is 9.37 Å². The van der Waals surface area contributed by atoms with Crippen LogP contribution in [0.2, 0.25) is 0 Å². The second-order valence-corrected chi connectivity index (χ2v) is 2.80. The number of imidazole rings is 1. The molecule has 1 aromatic carbocycles. The lowest BCUT2D eigenvalue weighted by atomic mass is 10.3. The van der Waals surface area contributed by atoms with Crippen LogP contribution in [0.4, 0.5) is 10.3 Å². The maximum Gasteiger partial charge on any atom is 0.201 e. The fraction of sp³-hybridized carbons (Fsp3) is 0.100. The standard InChI is InChI=1S/C10H8FN3/c1-2-5-12-10-13-8-4-3-7(11)6-9(8)14-10/h1,3-4,6H,5H2,(H2,12,13,14). The Balaban J connectivity index is 2.37. The number of nitrogens with one attached hydrogen (secondary N) is 2. The molecule has 0 spiro atoms. The minimum atomic E-state index is -0.287. The smallest absolute Gasteiger partial charge is 0.201 e. The van der Waals surface area contributed by atoms with E-state index in [9.17, 15) is 4.39 Å². The normalized spacial score (nSPS) is 10.0. The molecular weight excluding hydrogens is 181 g/mol. The average Bonchev–Trinajstić information content (AvgIpc) is 2.56. The van der Waals surface area contributed by atoms with E-state index in [2.05, 4.69) is 21.2 Å². The van der Waals surface area contributed by atoms with E-state index in [0.29, 0.717) is 23.5 Å². The van der Waals surface area contributed by atoms with Gasteiger partial charge in [-0.3, -0.25) is 0 Å². The van der Waals surface area contributed by atoms with Gasteiger partial charge in [0.1, 0.15) is 5.82 Å². The predicted octanol–water partition coefficient (Wildman–Crippen LogP) is 1.75. The first-order valence-corrected chi connectivity index (χ1v) is 4.12. The molecule has 0 radical (unpaired) electrons. The Morgan fingerprint density at radius 3 is 3.21 bits per heavy atom. The first-order valence-electron chi connectivity index (χ1n) is 4.12. The zero-order chi connectivity index (χ0) is 9.97. The molecule has 70 valence electrons. The molecule has 0 saturated carbocycles. The Morgan fingerprint density at radius 2 is 2.43 bits per heavy atom. The highest BCUT2D eigenvalue weighted by atomic mass is 19.1. The van der Waals surface area contributed by atoms with Crippen LogP contribution in [0.1, 0.15) is 0 Å². The molecule has 1 aromatic heterocycles. The van der Waals surface area contributed by atoms with Crippen molar-refractivity contribution in [3.8, 4) is 12.3 Å². The van der Waals surface area contributed by atoms with Crippen molar-refractivity contribution < 1.29 is 4.39 Å². The third-order valence-corrected chi connectivity index (χ3v) is 1.80. The molecule has 0 amide bonds. The lowest BCUT2D eigenvalue weighted by molar-refractivity contribution is 0.629. The number of fused-ring (bicyclic) bond motifs is 1. The number of aromatic amines is 1. The number of rotatable bonds is 2. The summed E-state index contributed by atoms with van der Waals surface area (Å²) in [6.07, 6.45) is 5.08. The van der Waals surface area contributed by atoms with Crippen molar-refractivity contribution in [3.05, 3.63) is 24.0 Å². The van der Waals surface area contributed by atoms with Crippen LogP contribution in [-0.4, -0.2) is 16.5 Å². The van der Waals surface area contributed by atoms with E-state index in [1.54, 1.807) is 6.07 Å². The van der Waals surface area contributed by atoms with Crippen LogP contribution in [0.3, 0.4) is 0 Å². The van der Waals surface area contributed by atoms with Crippen molar-refractivity contribution in [3.63, 3.8) is 0 Å². The predicted molar refractivity (Wildman–Crippen MR) is 53.4 cm³/mol. The summed E-state index contributed by atoms with van der Waals surface area (Å²) in [5.74, 6) is 2.70. The van der Waals surface area contributed by atoms with Gasteiger partial charge in [0.25, 0.3) is 0 Å². The molecule has 0 saturated heterocycles. The number of anilines is 1. The molecule has 0 aliphatic carbocycles. The first kappa shape index (κ1) is 8.57. The zero-order valence-electron chi connectivity index (χ0n) is 7.34. The lowest BCUT2D eigenvalue weighted by Crippen LogP contribution is -1.99. The van der Waals surface area contributed by atoms with Gasteiger partial charge in [-0.1, -0.05) is 5.92 Å². The van der Waals surface area contributed by atoms with E-state index in [4.69, 9.17) is 6.42 Å². The summed E-state index contributed by atoms with van der Waals surface area (Å²) in [6.45, 7) is 0.391. The second kappa shape index (κ2) is 3.38. The number of hydrogen-bond donors (Lipinski definition) is 2. The fourth-order valence-electron chi connectivity index (χ4n) is 1.20. The minimum Gasteiger partial charge on any atom is -0.345 e. The third-order valence-electron chi connectivity index (χ3n) is 1.80. The molecule has 4 heteroatoms. The summed E-state index contributed by atoms with van der Waals surface area (Å²) in [7, 11) is 0. The van der Waals surface area contributed by atoms with Gasteiger partial charge in [0.15, 0.2) is 0 Å². The van der Waals surface area contributed by atoms with Crippen molar-refractivity contribution in [2.75, 3.05) is 11.9 Å². The summed E-state index contributed by atoms with van der Waals surface area (Å²) >= 11 is 0. The van der Waals surface area contributed by atoms with Gasteiger partial charge < -0.3 is 10.3 Å². The summed E-state index contributed by atoms with van der Waals surface area (Å²) in [5.41, 5.74) is 1.37. The van der Waals surface area contributed by atoms with Crippen LogP contribution in [0, 0.1) is 18.2 Å². The fourth-order valence-corrected chi connectivity index (χ4v) is 1.20. The van der Waals surface area contributed by atoms with Crippen molar-refractivity contribution >= 4 is 17.0 Å². The van der Waals surface area contributed by atoms with Gasteiger partial charge in [-0.2, -0.15) is 0 Å². The Kier molecular flexibility index (Phi) is 2.07. The Labute approximate surface area is 80.4 Å². The lowest BCUT2D eigenvalue weighted by Gasteiger charge is -1.92. The summed E-state index contributed by atoms with van der Waals surface area (Å²) in [5, 5.41) is 2.88. The molecule has 0 aliphatic rings. The Bertz CT molecular complexity index is 496. The first-order chi connectivity index (χ1) is 6.79. The third kappa shape index (κ3) is 1.52. The molecule has 0 bridgehead atoms. The van der Waals surface area contributed by atoms with Crippen molar-refractivity contribution in [2.45, 2.75) is 0 Å². The highest BCUT2D eigenvalue weighted by Crippen LogP contribution is 2.14. The van der Waals surface area contributed by atoms with E-state index in [1.165, 1.54) is 12.1 Å². The topological polar surface area (TPSA) is 40.7 Å². The monoisotopic (exact) mass is 189 g/mol. The Hall–Kier alpha value is -2.02. The largest absolute Gasteiger partial charge is 0.345 e. The maximum atomic E-state index is 12.8. The molecular formula is C10H8FN3. The average molecular weight is 189 g/mol. The highest BCUT2D eigenvalue weighted by molar-refractivity contribution is 5.77. The molecule has 1 heterocycles. The molecule has 14 heavy (non-hydrogen) atoms. The molecule has 0 fully saturated rings. The van der Waals surface area contributed by atoms with Crippen LogP contribution in [0.15, 0.2) is 18.2 Å². The van der Waals surface area contributed by atoms with Gasteiger partial charge in [0.2, 0.25) is 5.95 Å². The van der Waals surface area contributed by atoms with Crippen LogP contribution < -0.4 is 5.32 Å². The van der Waals surface area contributed by atoms with Gasteiger partial charge >= 0.3 is 0 Å². The van der Waals surface area contributed by atoms with E-state index in [1.807, 2.05) is 0 Å². The molecule has 2 rings (SSSR count). The number of aromatic nitrogens is 2. The zero-order valence-corrected chi connectivity index (χ0v) is 7.34. The number of terminal acetylenes is 1. The number of H-pyrrole nitrogens is 1. The highest BCUT2D eigenvalue weighted by Gasteiger charge is 2.01. The summed E-state index contributed by atoms with van der Waals surface area (Å²) in [6, 6.07) is 4.37. The summed E-state index contributed by atoms with van der Waals surface area (Å²) < 4.78 is 12.8. The minimum absolute atomic E-state index is 0.287. The molecule has 0 aliphatic heterocycles. The van der Waals surface area contributed by atoms with E-state index in [-0.39, 0.29) is 5.82 Å². The van der Waals surface area contributed by atoms with Crippen LogP contribution in [0.5, 0.6) is 0 Å². The molecule has 3 nitrogen and oxygen atoms in total. The second-order valence-electron chi connectivity index (χ2n) is 2.80. The van der Waals surface area contributed by atoms with Crippen molar-refractivity contribution in [1.82, 2.24) is 9.97 Å². The summed E-state index contributed by atoms with van der Waals surface area (Å²) in [4.78, 5) is 7.08. The van der Waals surface area contributed by atoms with E-state index >= 15 is 0 Å².